The molecule has 0 heterocycles. The number of hydrogen-bond acceptors (Lipinski definition) is 6. The van der Waals surface area contributed by atoms with Gasteiger partial charge >= 0.3 is 13.8 Å². The summed E-state index contributed by atoms with van der Waals surface area (Å²) >= 11 is 0. The van der Waals surface area contributed by atoms with Crippen LogP contribution in [0.5, 0.6) is 0 Å². The van der Waals surface area contributed by atoms with Gasteiger partial charge in [-0.3, -0.25) is 13.8 Å². The molecule has 0 fully saturated rings. The van der Waals surface area contributed by atoms with Crippen molar-refractivity contribution in [1.82, 2.24) is 0 Å². The van der Waals surface area contributed by atoms with E-state index in [9.17, 15) is 14.3 Å². The fourth-order valence-corrected chi connectivity index (χ4v) is 8.10. The van der Waals surface area contributed by atoms with Crippen molar-refractivity contribution in [2.75, 3.05) is 54.1 Å². The second-order valence-corrected chi connectivity index (χ2v) is 20.7. The highest BCUT2D eigenvalue weighted by atomic mass is 31.2. The molecule has 0 rings (SSSR count). The van der Waals surface area contributed by atoms with E-state index in [0.29, 0.717) is 24.1 Å². The van der Waals surface area contributed by atoms with Gasteiger partial charge in [-0.1, -0.05) is 203 Å². The van der Waals surface area contributed by atoms with Crippen LogP contribution in [0, 0.1) is 0 Å². The second-order valence-electron chi connectivity index (χ2n) is 19.3. The molecule has 1 N–H and O–H groups in total. The lowest BCUT2D eigenvalue weighted by molar-refractivity contribution is -0.870. The third-order valence-corrected chi connectivity index (χ3v) is 12.5. The monoisotopic (exact) mass is 935 g/mol. The largest absolute Gasteiger partial charge is 0.472 e. The fourth-order valence-electron chi connectivity index (χ4n) is 7.36. The first-order valence-electron chi connectivity index (χ1n) is 27.0. The van der Waals surface area contributed by atoms with E-state index in [0.717, 1.165) is 57.8 Å². The van der Waals surface area contributed by atoms with Gasteiger partial charge in [0.15, 0.2) is 0 Å². The number of likely N-dealkylation sites (N-methyl/N-ethyl adjacent to an activating group) is 1. The van der Waals surface area contributed by atoms with Gasteiger partial charge in [0.1, 0.15) is 19.3 Å². The van der Waals surface area contributed by atoms with Crippen molar-refractivity contribution in [2.24, 2.45) is 0 Å². The predicted octanol–water partition coefficient (Wildman–Crippen LogP) is 16.8. The molecule has 0 saturated carbocycles. The fraction of sp³-hybridized carbons (Fsp3) is 0.804. The van der Waals surface area contributed by atoms with Crippen LogP contribution in [-0.2, 0) is 27.9 Å². The van der Waals surface area contributed by atoms with Gasteiger partial charge in [-0.25, -0.2) is 4.57 Å². The number of esters is 1. The Morgan fingerprint density at radius 1 is 0.477 bits per heavy atom. The maximum Gasteiger partial charge on any atom is 0.472 e. The average Bonchev–Trinajstić information content (AvgIpc) is 3.27. The molecule has 0 aliphatic rings. The first-order valence-corrected chi connectivity index (χ1v) is 28.5. The van der Waals surface area contributed by atoms with Gasteiger partial charge in [0.2, 0.25) is 0 Å². The van der Waals surface area contributed by atoms with Crippen LogP contribution >= 0.6 is 7.82 Å². The zero-order valence-electron chi connectivity index (χ0n) is 43.2. The molecule has 0 aromatic rings. The summed E-state index contributed by atoms with van der Waals surface area (Å²) in [6, 6.07) is 0. The van der Waals surface area contributed by atoms with Crippen molar-refractivity contribution >= 4 is 13.8 Å². The third-order valence-electron chi connectivity index (χ3n) is 11.6. The number of nitrogens with zero attached hydrogens (tertiary/aromatic N) is 1. The normalized spacial score (nSPS) is 14.0. The minimum absolute atomic E-state index is 0.0845. The molecule has 0 aliphatic heterocycles. The predicted molar refractivity (Wildman–Crippen MR) is 279 cm³/mol. The van der Waals surface area contributed by atoms with Crippen molar-refractivity contribution in [3.63, 3.8) is 0 Å². The Morgan fingerprint density at radius 3 is 1.29 bits per heavy atom. The van der Waals surface area contributed by atoms with Crippen molar-refractivity contribution in [1.29, 1.82) is 0 Å². The number of quaternary nitrogens is 1. The summed E-state index contributed by atoms with van der Waals surface area (Å²) in [5.74, 6) is -0.321. The van der Waals surface area contributed by atoms with E-state index >= 15 is 0 Å². The lowest BCUT2D eigenvalue weighted by atomic mass is 10.1. The van der Waals surface area contributed by atoms with Crippen LogP contribution in [-0.4, -0.2) is 75.6 Å². The van der Waals surface area contributed by atoms with E-state index in [1.807, 2.05) is 21.1 Å². The van der Waals surface area contributed by atoms with E-state index in [1.54, 1.807) is 0 Å². The van der Waals surface area contributed by atoms with Crippen LogP contribution in [0.25, 0.3) is 0 Å². The average molecular weight is 935 g/mol. The number of rotatable bonds is 50. The molecule has 0 aromatic heterocycles. The zero-order chi connectivity index (χ0) is 47.6. The lowest BCUT2D eigenvalue weighted by Crippen LogP contribution is -2.37. The van der Waals surface area contributed by atoms with Crippen LogP contribution in [0.15, 0.2) is 60.8 Å². The molecule has 0 spiro atoms. The molecule has 2 atom stereocenters. The molecule has 0 radical (unpaired) electrons. The maximum atomic E-state index is 12.8. The van der Waals surface area contributed by atoms with Crippen LogP contribution in [0.2, 0.25) is 0 Å². The Balaban J connectivity index is 4.15. The molecule has 8 nitrogen and oxygen atoms in total. The smallest absolute Gasteiger partial charge is 0.457 e. The van der Waals surface area contributed by atoms with E-state index in [4.69, 9.17) is 18.5 Å². The van der Waals surface area contributed by atoms with Crippen LogP contribution < -0.4 is 0 Å². The molecule has 9 heteroatoms. The lowest BCUT2D eigenvalue weighted by Gasteiger charge is -2.24. The summed E-state index contributed by atoms with van der Waals surface area (Å²) in [5, 5.41) is 0. The molecule has 0 amide bonds. The first-order chi connectivity index (χ1) is 31.6. The number of unbranched alkanes of at least 4 members (excludes halogenated alkanes) is 26. The highest BCUT2D eigenvalue weighted by Crippen LogP contribution is 2.43. The Labute approximate surface area is 402 Å². The van der Waals surface area contributed by atoms with Gasteiger partial charge in [-0.15, -0.1) is 0 Å². The highest BCUT2D eigenvalue weighted by molar-refractivity contribution is 7.47. The summed E-state index contributed by atoms with van der Waals surface area (Å²) in [4.78, 5) is 23.0. The molecule has 65 heavy (non-hydrogen) atoms. The summed E-state index contributed by atoms with van der Waals surface area (Å²) in [5.41, 5.74) is 0. The molecule has 0 aliphatic carbocycles. The van der Waals surface area contributed by atoms with Crippen molar-refractivity contribution in [3.05, 3.63) is 60.8 Å². The van der Waals surface area contributed by atoms with Gasteiger partial charge in [-0.2, -0.15) is 0 Å². The molecular weight excluding hydrogens is 830 g/mol. The summed E-state index contributed by atoms with van der Waals surface area (Å²) in [7, 11) is 1.66. The number of ether oxygens (including phenoxy) is 2. The van der Waals surface area contributed by atoms with E-state index in [2.05, 4.69) is 74.6 Å². The van der Waals surface area contributed by atoms with Crippen LogP contribution in [0.1, 0.15) is 232 Å². The summed E-state index contributed by atoms with van der Waals surface area (Å²) < 4.78 is 35.2. The van der Waals surface area contributed by atoms with Crippen molar-refractivity contribution < 1.29 is 37.3 Å². The SMILES string of the molecule is CCCCC/C=C\C/C=C\CCCCCCCCCCCCOCC(COP(=O)(O)OCC[N+](C)(C)C)OC(=O)CCCCCCCCCC/C=C\C/C=C\C/C=C\CCCCCCC. The third kappa shape index (κ3) is 53.0. The summed E-state index contributed by atoms with van der Waals surface area (Å²) in [6.45, 7) is 5.59. The zero-order valence-corrected chi connectivity index (χ0v) is 44.1. The Bertz CT molecular complexity index is 1220. The molecule has 380 valence electrons. The second kappa shape index (κ2) is 48.6. The van der Waals surface area contributed by atoms with E-state index in [1.165, 1.54) is 154 Å². The summed E-state index contributed by atoms with van der Waals surface area (Å²) in [6.07, 6.45) is 62.6. The Kier molecular flexibility index (Phi) is 47.3. The van der Waals surface area contributed by atoms with Crippen molar-refractivity contribution in [3.8, 4) is 0 Å². The first kappa shape index (κ1) is 63.2. The van der Waals surface area contributed by atoms with Crippen LogP contribution in [0.3, 0.4) is 0 Å². The van der Waals surface area contributed by atoms with E-state index in [-0.39, 0.29) is 25.8 Å². The van der Waals surface area contributed by atoms with Crippen LogP contribution in [0.4, 0.5) is 0 Å². The van der Waals surface area contributed by atoms with Crippen molar-refractivity contribution in [2.45, 2.75) is 238 Å². The molecular formula is C56H105NO7P+. The van der Waals surface area contributed by atoms with Gasteiger partial charge in [0.25, 0.3) is 0 Å². The number of phosphoric acid groups is 1. The minimum atomic E-state index is -4.29. The van der Waals surface area contributed by atoms with Gasteiger partial charge in [0.05, 0.1) is 34.4 Å². The number of carbonyl (C=O) groups is 1. The minimum Gasteiger partial charge on any atom is -0.457 e. The number of hydrogen-bond donors (Lipinski definition) is 1. The molecule has 2 unspecified atom stereocenters. The van der Waals surface area contributed by atoms with Gasteiger partial charge in [-0.05, 0) is 83.5 Å². The molecule has 0 saturated heterocycles. The Morgan fingerprint density at radius 2 is 0.846 bits per heavy atom. The number of carbonyl (C=O) groups excluding carboxylic acids is 1. The number of phosphoric ester groups is 1. The van der Waals surface area contributed by atoms with Gasteiger partial charge in [0, 0.05) is 13.0 Å². The Hall–Kier alpha value is -1.80. The quantitative estimate of drug-likeness (QED) is 0.0214. The van der Waals surface area contributed by atoms with Gasteiger partial charge < -0.3 is 18.9 Å². The highest BCUT2D eigenvalue weighted by Gasteiger charge is 2.26. The number of allylic oxidation sites excluding steroid dienone is 10. The standard InChI is InChI=1S/C56H104NO7P/c1-6-8-10-12-14-16-18-20-22-24-26-28-29-30-31-33-35-37-39-41-43-45-47-49-56(58)64-55(54-63-65(59,60)62-52-50-57(3,4)5)53-61-51-48-46-44-42-40-38-36-34-32-27-25-23-21-19-17-15-13-11-9-7-2/h15,17-18,20-21,23-24,26,29-30,55H,6-14,16,19,22,25,27-28,31-54H2,1-5H3/p+1/b17-15-,20-18-,23-21-,26-24-,30-29-. The maximum absolute atomic E-state index is 12.8. The molecule has 0 aromatic carbocycles. The topological polar surface area (TPSA) is 91.3 Å². The molecule has 0 bridgehead atoms. The van der Waals surface area contributed by atoms with E-state index < -0.39 is 13.9 Å².